The molecule has 2 rings (SSSR count). The van der Waals surface area contributed by atoms with Crippen LogP contribution in [-0.4, -0.2) is 30.8 Å². The van der Waals surface area contributed by atoms with Crippen LogP contribution in [0.15, 0.2) is 18.3 Å². The maximum atomic E-state index is 5.74. The number of pyridine rings is 1. The third-order valence-electron chi connectivity index (χ3n) is 2.56. The fourth-order valence-electron chi connectivity index (χ4n) is 1.70. The number of hydrogen-bond donors (Lipinski definition) is 1. The minimum Gasteiger partial charge on any atom is -0.379 e. The Labute approximate surface area is 96.0 Å². The molecule has 88 valence electrons. The fraction of sp³-hybridized carbons (Fsp3) is 0.583. The van der Waals surface area contributed by atoms with E-state index in [-0.39, 0.29) is 6.10 Å². The average Bonchev–Trinajstić information content (AvgIpc) is 2.80. The van der Waals surface area contributed by atoms with Crippen LogP contribution in [0.1, 0.15) is 18.9 Å². The molecule has 1 atom stereocenters. The molecule has 1 aromatic rings. The zero-order valence-electron chi connectivity index (χ0n) is 9.61. The predicted octanol–water partition coefficient (Wildman–Crippen LogP) is 1.82. The first kappa shape index (κ1) is 11.4. The lowest BCUT2D eigenvalue weighted by atomic mass is 10.2. The largest absolute Gasteiger partial charge is 0.379 e. The molecule has 1 aliphatic heterocycles. The highest BCUT2D eigenvalue weighted by atomic mass is 16.5. The topological polar surface area (TPSA) is 43.4 Å². The molecule has 0 saturated carbocycles. The van der Waals surface area contributed by atoms with Crippen LogP contribution in [-0.2, 0) is 16.1 Å². The molecule has 1 aromatic heterocycles. The number of hydrogen-bond acceptors (Lipinski definition) is 4. The van der Waals surface area contributed by atoms with Gasteiger partial charge in [-0.05, 0) is 31.0 Å². The Hall–Kier alpha value is -1.13. The van der Waals surface area contributed by atoms with Crippen LogP contribution in [0.2, 0.25) is 0 Å². The van der Waals surface area contributed by atoms with Gasteiger partial charge in [0.15, 0.2) is 0 Å². The molecule has 0 aromatic carbocycles. The van der Waals surface area contributed by atoms with E-state index in [1.807, 2.05) is 18.3 Å². The van der Waals surface area contributed by atoms with Gasteiger partial charge in [0.1, 0.15) is 5.82 Å². The number of aromatic nitrogens is 1. The minimum absolute atomic E-state index is 0.260. The summed E-state index contributed by atoms with van der Waals surface area (Å²) in [7, 11) is 0. The number of nitrogens with zero attached hydrogens (tertiary/aromatic N) is 1. The lowest BCUT2D eigenvalue weighted by Crippen LogP contribution is -2.12. The highest BCUT2D eigenvalue weighted by molar-refractivity contribution is 5.36. The van der Waals surface area contributed by atoms with Gasteiger partial charge in [-0.15, -0.1) is 0 Å². The van der Waals surface area contributed by atoms with Crippen molar-refractivity contribution >= 4 is 5.82 Å². The van der Waals surface area contributed by atoms with E-state index in [0.717, 1.165) is 37.6 Å². The normalized spacial score (nSPS) is 19.9. The molecular weight excluding hydrogens is 204 g/mol. The van der Waals surface area contributed by atoms with Crippen molar-refractivity contribution in [2.24, 2.45) is 0 Å². The Morgan fingerprint density at radius 2 is 2.56 bits per heavy atom. The molecule has 1 fully saturated rings. The van der Waals surface area contributed by atoms with Crippen molar-refractivity contribution in [1.82, 2.24) is 4.98 Å². The lowest BCUT2D eigenvalue weighted by molar-refractivity contribution is 0.0317. The predicted molar refractivity (Wildman–Crippen MR) is 62.4 cm³/mol. The van der Waals surface area contributed by atoms with Crippen LogP contribution in [0.5, 0.6) is 0 Å². The molecule has 0 amide bonds. The molecule has 0 spiro atoms. The highest BCUT2D eigenvalue weighted by Crippen LogP contribution is 2.13. The van der Waals surface area contributed by atoms with Gasteiger partial charge in [-0.2, -0.15) is 0 Å². The number of anilines is 1. The number of ether oxygens (including phenoxy) is 2. The number of rotatable bonds is 5. The van der Waals surface area contributed by atoms with Gasteiger partial charge in [0.2, 0.25) is 0 Å². The molecule has 1 unspecified atom stereocenters. The highest BCUT2D eigenvalue weighted by Gasteiger charge is 2.15. The minimum atomic E-state index is 0.260. The summed E-state index contributed by atoms with van der Waals surface area (Å²) in [6.45, 7) is 5.12. The van der Waals surface area contributed by atoms with Crippen molar-refractivity contribution in [1.29, 1.82) is 0 Å². The number of nitrogens with one attached hydrogen (secondary N) is 1. The van der Waals surface area contributed by atoms with Crippen LogP contribution in [0.4, 0.5) is 5.82 Å². The van der Waals surface area contributed by atoms with Crippen LogP contribution >= 0.6 is 0 Å². The maximum absolute atomic E-state index is 5.74. The van der Waals surface area contributed by atoms with Gasteiger partial charge in [0.05, 0.1) is 19.3 Å². The Morgan fingerprint density at radius 1 is 1.62 bits per heavy atom. The van der Waals surface area contributed by atoms with E-state index in [2.05, 4.69) is 17.2 Å². The van der Waals surface area contributed by atoms with Gasteiger partial charge < -0.3 is 14.8 Å². The van der Waals surface area contributed by atoms with Crippen molar-refractivity contribution in [3.8, 4) is 0 Å². The van der Waals surface area contributed by atoms with Crippen molar-refractivity contribution in [3.63, 3.8) is 0 Å². The quantitative estimate of drug-likeness (QED) is 0.825. The Bertz CT molecular complexity index is 325. The summed E-state index contributed by atoms with van der Waals surface area (Å²) in [5.74, 6) is 0.909. The van der Waals surface area contributed by atoms with Gasteiger partial charge in [-0.25, -0.2) is 4.98 Å². The van der Waals surface area contributed by atoms with E-state index in [9.17, 15) is 0 Å². The Morgan fingerprint density at radius 3 is 3.31 bits per heavy atom. The molecule has 0 bridgehead atoms. The van der Waals surface area contributed by atoms with E-state index >= 15 is 0 Å². The first-order valence-electron chi connectivity index (χ1n) is 5.76. The lowest BCUT2D eigenvalue weighted by Gasteiger charge is -2.10. The molecule has 4 nitrogen and oxygen atoms in total. The monoisotopic (exact) mass is 222 g/mol. The summed E-state index contributed by atoms with van der Waals surface area (Å²) >= 11 is 0. The zero-order valence-corrected chi connectivity index (χ0v) is 9.61. The maximum Gasteiger partial charge on any atom is 0.126 e. The van der Waals surface area contributed by atoms with E-state index < -0.39 is 0 Å². The van der Waals surface area contributed by atoms with Crippen LogP contribution in [0, 0.1) is 0 Å². The molecule has 1 saturated heterocycles. The first-order valence-corrected chi connectivity index (χ1v) is 5.76. The third-order valence-corrected chi connectivity index (χ3v) is 2.56. The molecule has 1 aliphatic rings. The van der Waals surface area contributed by atoms with Crippen LogP contribution in [0.25, 0.3) is 0 Å². The molecule has 1 N–H and O–H groups in total. The summed E-state index contributed by atoms with van der Waals surface area (Å²) in [6, 6.07) is 4.01. The summed E-state index contributed by atoms with van der Waals surface area (Å²) in [5.41, 5.74) is 1.15. The van der Waals surface area contributed by atoms with Gasteiger partial charge in [0.25, 0.3) is 0 Å². The third kappa shape index (κ3) is 3.18. The van der Waals surface area contributed by atoms with Crippen LogP contribution in [0.3, 0.4) is 0 Å². The van der Waals surface area contributed by atoms with Crippen molar-refractivity contribution in [2.75, 3.05) is 25.1 Å². The second-order valence-electron chi connectivity index (χ2n) is 3.88. The Balaban J connectivity index is 1.85. The van der Waals surface area contributed by atoms with Gasteiger partial charge in [-0.1, -0.05) is 0 Å². The van der Waals surface area contributed by atoms with Crippen molar-refractivity contribution in [3.05, 3.63) is 23.9 Å². The second-order valence-corrected chi connectivity index (χ2v) is 3.88. The smallest absolute Gasteiger partial charge is 0.126 e. The summed E-state index contributed by atoms with van der Waals surface area (Å²) in [4.78, 5) is 4.22. The Kier molecular flexibility index (Phi) is 4.13. The average molecular weight is 222 g/mol. The van der Waals surface area contributed by atoms with E-state index in [1.165, 1.54) is 0 Å². The summed E-state index contributed by atoms with van der Waals surface area (Å²) in [5, 5.41) is 3.18. The van der Waals surface area contributed by atoms with Gasteiger partial charge >= 0.3 is 0 Å². The van der Waals surface area contributed by atoms with Crippen molar-refractivity contribution in [2.45, 2.75) is 26.1 Å². The van der Waals surface area contributed by atoms with E-state index in [0.29, 0.717) is 6.61 Å². The van der Waals surface area contributed by atoms with Gasteiger partial charge in [0, 0.05) is 19.3 Å². The molecule has 16 heavy (non-hydrogen) atoms. The molecule has 4 heteroatoms. The molecule has 2 heterocycles. The SMILES string of the molecule is CCNc1cc(COC2CCOC2)ccn1. The fourth-order valence-corrected chi connectivity index (χ4v) is 1.70. The zero-order chi connectivity index (χ0) is 11.2. The first-order chi connectivity index (χ1) is 7.88. The molecular formula is C12H18N2O2. The molecule has 0 aliphatic carbocycles. The van der Waals surface area contributed by atoms with Crippen molar-refractivity contribution < 1.29 is 9.47 Å². The van der Waals surface area contributed by atoms with Crippen LogP contribution < -0.4 is 5.32 Å². The second kappa shape index (κ2) is 5.82. The van der Waals surface area contributed by atoms with E-state index in [4.69, 9.17) is 9.47 Å². The summed E-state index contributed by atoms with van der Waals surface area (Å²) < 4.78 is 11.0. The van der Waals surface area contributed by atoms with Gasteiger partial charge in [-0.3, -0.25) is 0 Å². The molecule has 0 radical (unpaired) electrons. The summed E-state index contributed by atoms with van der Waals surface area (Å²) in [6.07, 6.45) is 3.07. The van der Waals surface area contributed by atoms with E-state index in [1.54, 1.807) is 0 Å². The standard InChI is InChI=1S/C12H18N2O2/c1-2-13-12-7-10(3-5-14-12)8-16-11-4-6-15-9-11/h3,5,7,11H,2,4,6,8-9H2,1H3,(H,13,14).